The molecule has 7 nitrogen and oxygen atoms in total. The van der Waals surface area contributed by atoms with Gasteiger partial charge in [0.2, 0.25) is 0 Å². The van der Waals surface area contributed by atoms with Crippen molar-refractivity contribution in [2.24, 2.45) is 5.92 Å². The van der Waals surface area contributed by atoms with Gasteiger partial charge in [-0.25, -0.2) is 0 Å². The van der Waals surface area contributed by atoms with Crippen molar-refractivity contribution in [1.29, 1.82) is 0 Å². The quantitative estimate of drug-likeness (QED) is 0.726. The van der Waals surface area contributed by atoms with E-state index in [2.05, 4.69) is 39.5 Å². The van der Waals surface area contributed by atoms with E-state index >= 15 is 0 Å². The van der Waals surface area contributed by atoms with Crippen LogP contribution in [0.15, 0.2) is 41.2 Å². The van der Waals surface area contributed by atoms with Crippen molar-refractivity contribution in [2.75, 3.05) is 0 Å². The van der Waals surface area contributed by atoms with Crippen LogP contribution in [0.5, 0.6) is 0 Å². The summed E-state index contributed by atoms with van der Waals surface area (Å²) < 4.78 is 5.23. The first-order valence-electron chi connectivity index (χ1n) is 7.80. The lowest BCUT2D eigenvalue weighted by Gasteiger charge is -1.99. The van der Waals surface area contributed by atoms with Gasteiger partial charge in [0.1, 0.15) is 5.69 Å². The number of carbonyl (C=O) groups is 1. The minimum Gasteiger partial charge on any atom is -0.359 e. The Morgan fingerprint density at radius 2 is 2.08 bits per heavy atom. The normalized spacial score (nSPS) is 11.0. The highest BCUT2D eigenvalue weighted by molar-refractivity contribution is 5.93. The van der Waals surface area contributed by atoms with Crippen LogP contribution >= 0.6 is 0 Å². The number of hydrogen-bond acceptors (Lipinski definition) is 5. The number of aromatic amines is 1. The maximum absolute atomic E-state index is 12.2. The first-order chi connectivity index (χ1) is 11.6. The van der Waals surface area contributed by atoms with Crippen molar-refractivity contribution in [3.8, 4) is 11.3 Å². The largest absolute Gasteiger partial charge is 0.359 e. The standard InChI is InChI=1S/C17H19N5O2/c1-11(2)7-13-8-14(24-22-13)10-19-17(23)16-9-15(20-21-16)12-3-5-18-6-4-12/h3-6,8-9,11H,7,10H2,1-2H3,(H,19,23)(H,20,21). The molecule has 0 unspecified atom stereocenters. The predicted octanol–water partition coefficient (Wildman–Crippen LogP) is 2.59. The van der Waals surface area contributed by atoms with E-state index in [1.165, 1.54) is 0 Å². The molecule has 3 aromatic rings. The van der Waals surface area contributed by atoms with Crippen LogP contribution in [0.1, 0.15) is 35.8 Å². The van der Waals surface area contributed by atoms with Crippen molar-refractivity contribution >= 4 is 5.91 Å². The van der Waals surface area contributed by atoms with Gasteiger partial charge in [-0.1, -0.05) is 19.0 Å². The minimum atomic E-state index is -0.246. The van der Waals surface area contributed by atoms with Crippen LogP contribution in [0.25, 0.3) is 11.3 Å². The lowest BCUT2D eigenvalue weighted by Crippen LogP contribution is -2.22. The summed E-state index contributed by atoms with van der Waals surface area (Å²) in [6.45, 7) is 4.52. The summed E-state index contributed by atoms with van der Waals surface area (Å²) in [6, 6.07) is 7.25. The van der Waals surface area contributed by atoms with E-state index in [4.69, 9.17) is 4.52 Å². The third-order valence-corrected chi connectivity index (χ3v) is 3.45. The van der Waals surface area contributed by atoms with Crippen LogP contribution in [-0.2, 0) is 13.0 Å². The van der Waals surface area contributed by atoms with E-state index in [0.29, 0.717) is 23.1 Å². The Morgan fingerprint density at radius 3 is 2.83 bits per heavy atom. The molecule has 0 aliphatic carbocycles. The van der Waals surface area contributed by atoms with Crippen molar-refractivity contribution in [3.05, 3.63) is 53.8 Å². The third kappa shape index (κ3) is 3.87. The Hall–Kier alpha value is -2.96. The number of aromatic nitrogens is 4. The van der Waals surface area contributed by atoms with E-state index in [0.717, 1.165) is 17.7 Å². The van der Waals surface area contributed by atoms with Crippen molar-refractivity contribution in [3.63, 3.8) is 0 Å². The minimum absolute atomic E-state index is 0.246. The van der Waals surface area contributed by atoms with Crippen LogP contribution in [0.3, 0.4) is 0 Å². The summed E-state index contributed by atoms with van der Waals surface area (Å²) in [6.07, 6.45) is 4.22. The molecule has 7 heteroatoms. The van der Waals surface area contributed by atoms with Gasteiger partial charge in [0, 0.05) is 24.0 Å². The highest BCUT2D eigenvalue weighted by atomic mass is 16.5. The molecule has 24 heavy (non-hydrogen) atoms. The molecule has 0 fully saturated rings. The molecule has 1 amide bonds. The van der Waals surface area contributed by atoms with Crippen LogP contribution in [-0.4, -0.2) is 26.2 Å². The number of pyridine rings is 1. The molecule has 0 radical (unpaired) electrons. The lowest BCUT2D eigenvalue weighted by molar-refractivity contribution is 0.0942. The second kappa shape index (κ2) is 7.08. The first kappa shape index (κ1) is 15.9. The molecule has 3 aromatic heterocycles. The number of rotatable bonds is 6. The highest BCUT2D eigenvalue weighted by Gasteiger charge is 2.12. The average Bonchev–Trinajstić information content (AvgIpc) is 3.22. The maximum atomic E-state index is 12.2. The Balaban J connectivity index is 1.59. The summed E-state index contributed by atoms with van der Waals surface area (Å²) in [5.74, 6) is 0.895. The third-order valence-electron chi connectivity index (χ3n) is 3.45. The Kier molecular flexibility index (Phi) is 4.69. The van der Waals surface area contributed by atoms with Crippen molar-refractivity contribution < 1.29 is 9.32 Å². The molecule has 2 N–H and O–H groups in total. The summed E-state index contributed by atoms with van der Waals surface area (Å²) in [4.78, 5) is 16.2. The zero-order valence-electron chi connectivity index (χ0n) is 13.6. The maximum Gasteiger partial charge on any atom is 0.269 e. The van der Waals surface area contributed by atoms with Crippen LogP contribution < -0.4 is 5.32 Å². The van der Waals surface area contributed by atoms with Gasteiger partial charge in [-0.05, 0) is 30.5 Å². The molecule has 0 bridgehead atoms. The first-order valence-corrected chi connectivity index (χ1v) is 7.80. The Labute approximate surface area is 139 Å². The molecule has 0 saturated carbocycles. The zero-order chi connectivity index (χ0) is 16.9. The lowest BCUT2D eigenvalue weighted by atomic mass is 10.1. The summed E-state index contributed by atoms with van der Waals surface area (Å²) in [7, 11) is 0. The highest BCUT2D eigenvalue weighted by Crippen LogP contribution is 2.16. The van der Waals surface area contributed by atoms with E-state index in [9.17, 15) is 4.79 Å². The number of amides is 1. The smallest absolute Gasteiger partial charge is 0.269 e. The second-order valence-electron chi connectivity index (χ2n) is 5.97. The number of nitrogens with one attached hydrogen (secondary N) is 2. The second-order valence-corrected chi connectivity index (χ2v) is 5.97. The van der Waals surface area contributed by atoms with Crippen molar-refractivity contribution in [1.82, 2.24) is 25.7 Å². The Morgan fingerprint density at radius 1 is 1.29 bits per heavy atom. The fraction of sp³-hybridized carbons (Fsp3) is 0.294. The number of carbonyl (C=O) groups excluding carboxylic acids is 1. The van der Waals surface area contributed by atoms with Gasteiger partial charge >= 0.3 is 0 Å². The van der Waals surface area contributed by atoms with Gasteiger partial charge in [0.25, 0.3) is 5.91 Å². The van der Waals surface area contributed by atoms with Gasteiger partial charge in [0.15, 0.2) is 5.76 Å². The van der Waals surface area contributed by atoms with E-state index in [-0.39, 0.29) is 12.5 Å². The van der Waals surface area contributed by atoms with Crippen molar-refractivity contribution in [2.45, 2.75) is 26.8 Å². The van der Waals surface area contributed by atoms with Crippen LogP contribution in [0.4, 0.5) is 0 Å². The number of nitrogens with zero attached hydrogens (tertiary/aromatic N) is 3. The molecular weight excluding hydrogens is 306 g/mol. The fourth-order valence-corrected chi connectivity index (χ4v) is 2.32. The molecule has 0 spiro atoms. The van der Waals surface area contributed by atoms with Gasteiger partial charge in [-0.2, -0.15) is 5.10 Å². The molecule has 0 aliphatic heterocycles. The predicted molar refractivity (Wildman–Crippen MR) is 88.0 cm³/mol. The molecule has 124 valence electrons. The van der Waals surface area contributed by atoms with Gasteiger partial charge in [0.05, 0.1) is 17.9 Å². The van der Waals surface area contributed by atoms with Crippen LogP contribution in [0, 0.1) is 5.92 Å². The van der Waals surface area contributed by atoms with Gasteiger partial charge in [-0.15, -0.1) is 0 Å². The SMILES string of the molecule is CC(C)Cc1cc(CNC(=O)c2cc(-c3ccncc3)n[nH]2)on1. The Bertz CT molecular complexity index is 807. The number of H-pyrrole nitrogens is 1. The summed E-state index contributed by atoms with van der Waals surface area (Å²) in [5, 5.41) is 13.7. The topological polar surface area (TPSA) is 96.7 Å². The summed E-state index contributed by atoms with van der Waals surface area (Å²) >= 11 is 0. The monoisotopic (exact) mass is 325 g/mol. The molecule has 0 aromatic carbocycles. The molecule has 0 atom stereocenters. The van der Waals surface area contributed by atoms with E-state index in [1.54, 1.807) is 18.5 Å². The van der Waals surface area contributed by atoms with Gasteiger partial charge in [-0.3, -0.25) is 14.9 Å². The zero-order valence-corrected chi connectivity index (χ0v) is 13.6. The molecule has 3 rings (SSSR count). The molecule has 0 saturated heterocycles. The van der Waals surface area contributed by atoms with Crippen LogP contribution in [0.2, 0.25) is 0 Å². The fourth-order valence-electron chi connectivity index (χ4n) is 2.32. The molecule has 0 aliphatic rings. The molecule has 3 heterocycles. The van der Waals surface area contributed by atoms with Gasteiger partial charge < -0.3 is 9.84 Å². The van der Waals surface area contributed by atoms with E-state index < -0.39 is 0 Å². The average molecular weight is 325 g/mol. The molecular formula is C17H19N5O2. The number of hydrogen-bond donors (Lipinski definition) is 2. The summed E-state index contributed by atoms with van der Waals surface area (Å²) in [5.41, 5.74) is 2.88. The van der Waals surface area contributed by atoms with E-state index in [1.807, 2.05) is 18.2 Å².